The van der Waals surface area contributed by atoms with E-state index in [1.54, 1.807) is 0 Å². The molecule has 1 aliphatic heterocycles. The first-order chi connectivity index (χ1) is 15.8. The van der Waals surface area contributed by atoms with Crippen molar-refractivity contribution in [1.82, 2.24) is 0 Å². The molecule has 2 N–H and O–H groups in total. The van der Waals surface area contributed by atoms with Gasteiger partial charge in [0.05, 0.1) is 31.1 Å². The molecule has 0 radical (unpaired) electrons. The van der Waals surface area contributed by atoms with Gasteiger partial charge < -0.3 is 28.7 Å². The van der Waals surface area contributed by atoms with Gasteiger partial charge >= 0.3 is 7.60 Å². The first-order valence-electron chi connectivity index (χ1n) is 10.3. The molecule has 0 saturated carbocycles. The Bertz CT molecular complexity index is 1040. The van der Waals surface area contributed by atoms with Crippen LogP contribution in [0, 0.1) is 0 Å². The molecular weight excluding hydrogens is 727 g/mol. The first-order valence-corrected chi connectivity index (χ1v) is 15.5. The third-order valence-electron chi connectivity index (χ3n) is 5.18. The van der Waals surface area contributed by atoms with Crippen molar-refractivity contribution < 1.29 is 33.3 Å². The molecule has 0 amide bonds. The summed E-state index contributed by atoms with van der Waals surface area (Å²) in [4.78, 5) is 9.19. The van der Waals surface area contributed by atoms with Crippen molar-refractivity contribution >= 4 is 71.3 Å². The lowest BCUT2D eigenvalue weighted by Crippen LogP contribution is -2.23. The summed E-state index contributed by atoms with van der Waals surface area (Å²) >= 11 is 14.4. The van der Waals surface area contributed by atoms with Crippen LogP contribution in [0.4, 0.5) is 0 Å². The van der Waals surface area contributed by atoms with E-state index in [9.17, 15) is 14.6 Å². The van der Waals surface area contributed by atoms with Crippen molar-refractivity contribution in [1.29, 1.82) is 0 Å². The summed E-state index contributed by atoms with van der Waals surface area (Å²) in [7, 11) is -3.66. The predicted molar refractivity (Wildman–Crippen MR) is 144 cm³/mol. The van der Waals surface area contributed by atoms with Crippen LogP contribution in [-0.4, -0.2) is 55.3 Å². The SMILES string of the molecule is CC(C)(c1cc(Br)c(OCC(O)COP(C)(=O)O)c(Br)c1)c1cc(Br)c(OCC2CO2)c(Br)c1. The largest absolute Gasteiger partial charge is 0.488 e. The maximum absolute atomic E-state index is 11.2. The summed E-state index contributed by atoms with van der Waals surface area (Å²) in [5, 5.41) is 10.00. The third kappa shape index (κ3) is 7.76. The van der Waals surface area contributed by atoms with Gasteiger partial charge in [0.15, 0.2) is 0 Å². The van der Waals surface area contributed by atoms with Gasteiger partial charge in [-0.1, -0.05) is 13.8 Å². The van der Waals surface area contributed by atoms with Crippen molar-refractivity contribution in [2.24, 2.45) is 0 Å². The van der Waals surface area contributed by atoms with Crippen LogP contribution in [0.25, 0.3) is 0 Å². The van der Waals surface area contributed by atoms with Gasteiger partial charge in [-0.3, -0.25) is 4.57 Å². The zero-order valence-corrected chi connectivity index (χ0v) is 25.9. The Morgan fingerprint density at radius 2 is 1.44 bits per heavy atom. The molecule has 2 aromatic carbocycles. The zero-order chi connectivity index (χ0) is 25.3. The minimum Gasteiger partial charge on any atom is -0.488 e. The van der Waals surface area contributed by atoms with Crippen molar-refractivity contribution in [2.45, 2.75) is 31.5 Å². The lowest BCUT2D eigenvalue weighted by Gasteiger charge is -2.28. The van der Waals surface area contributed by atoms with Crippen molar-refractivity contribution in [3.8, 4) is 11.5 Å². The van der Waals surface area contributed by atoms with Crippen molar-refractivity contribution in [3.63, 3.8) is 0 Å². The Labute approximate surface area is 232 Å². The zero-order valence-electron chi connectivity index (χ0n) is 18.7. The van der Waals surface area contributed by atoms with Gasteiger partial charge in [0.1, 0.15) is 36.9 Å². The average Bonchev–Trinajstić information content (AvgIpc) is 3.54. The number of rotatable bonds is 11. The van der Waals surface area contributed by atoms with Crippen LogP contribution in [0.3, 0.4) is 0 Å². The Kier molecular flexibility index (Phi) is 9.76. The third-order valence-corrected chi connectivity index (χ3v) is 8.17. The Morgan fingerprint density at radius 3 is 1.85 bits per heavy atom. The van der Waals surface area contributed by atoms with E-state index in [0.717, 1.165) is 39.1 Å². The number of hydrogen-bond donors (Lipinski definition) is 2. The summed E-state index contributed by atoms with van der Waals surface area (Å²) in [5.41, 5.74) is 1.71. The molecule has 3 rings (SSSR count). The Balaban J connectivity index is 1.76. The monoisotopic (exact) mass is 748 g/mol. The number of benzene rings is 2. The molecular formula is C22H25Br4O7P. The summed E-state index contributed by atoms with van der Waals surface area (Å²) < 4.78 is 35.9. The molecule has 34 heavy (non-hydrogen) atoms. The molecule has 0 aromatic heterocycles. The molecule has 0 bridgehead atoms. The van der Waals surface area contributed by atoms with Gasteiger partial charge in [0, 0.05) is 12.1 Å². The summed E-state index contributed by atoms with van der Waals surface area (Å²) in [6.45, 7) is 6.14. The van der Waals surface area contributed by atoms with E-state index >= 15 is 0 Å². The molecule has 188 valence electrons. The van der Waals surface area contributed by atoms with Gasteiger partial charge in [-0.15, -0.1) is 0 Å². The quantitative estimate of drug-likeness (QED) is 0.202. The lowest BCUT2D eigenvalue weighted by molar-refractivity contribution is 0.0583. The van der Waals surface area contributed by atoms with Crippen LogP contribution < -0.4 is 9.47 Å². The number of ether oxygens (including phenoxy) is 3. The van der Waals surface area contributed by atoms with Gasteiger partial charge in [-0.25, -0.2) is 0 Å². The summed E-state index contributed by atoms with van der Waals surface area (Å²) in [6.07, 6.45) is -0.890. The van der Waals surface area contributed by atoms with E-state index in [1.165, 1.54) is 0 Å². The standard InChI is InChI=1S/C22H25Br4O7P/c1-22(2,13-6-18(25)21(19(26)7-13)32-11-15-10-30-15)12-4-16(23)20(17(24)5-12)31-8-14(27)9-33-34(3,28)29/h4-7,14-15,27H,8-11H2,1-3H3,(H,28,29). The molecule has 2 aromatic rings. The molecule has 1 aliphatic rings. The van der Waals surface area contributed by atoms with Gasteiger partial charge in [-0.2, -0.15) is 0 Å². The number of aliphatic hydroxyl groups excluding tert-OH is 1. The van der Waals surface area contributed by atoms with E-state index in [0.29, 0.717) is 21.3 Å². The van der Waals surface area contributed by atoms with E-state index in [2.05, 4.69) is 77.6 Å². The summed E-state index contributed by atoms with van der Waals surface area (Å²) in [6, 6.07) is 8.02. The van der Waals surface area contributed by atoms with Gasteiger partial charge in [0.2, 0.25) is 0 Å². The van der Waals surface area contributed by atoms with Crippen LogP contribution in [0.15, 0.2) is 42.2 Å². The normalized spacial score (nSPS) is 18.3. The first kappa shape index (κ1) is 28.6. The van der Waals surface area contributed by atoms with Crippen LogP contribution in [0.1, 0.15) is 25.0 Å². The highest BCUT2D eigenvalue weighted by Gasteiger charge is 2.29. The highest BCUT2D eigenvalue weighted by atomic mass is 79.9. The molecule has 1 fully saturated rings. The van der Waals surface area contributed by atoms with E-state index in [-0.39, 0.29) is 24.7 Å². The molecule has 1 heterocycles. The maximum Gasteiger partial charge on any atom is 0.325 e. The number of hydrogen-bond acceptors (Lipinski definition) is 6. The van der Waals surface area contributed by atoms with Crippen LogP contribution in [0.2, 0.25) is 0 Å². The number of halogens is 4. The Hall–Kier alpha value is 0.0300. The van der Waals surface area contributed by atoms with Crippen molar-refractivity contribution in [3.05, 3.63) is 53.3 Å². The van der Waals surface area contributed by atoms with Crippen LogP contribution >= 0.6 is 71.3 Å². The fourth-order valence-electron chi connectivity index (χ4n) is 3.08. The Morgan fingerprint density at radius 1 is 1.00 bits per heavy atom. The van der Waals surface area contributed by atoms with Gasteiger partial charge in [0.25, 0.3) is 0 Å². The smallest absolute Gasteiger partial charge is 0.325 e. The molecule has 1 saturated heterocycles. The average molecular weight is 752 g/mol. The molecule has 0 aliphatic carbocycles. The topological polar surface area (TPSA) is 97.8 Å². The molecule has 3 atom stereocenters. The van der Waals surface area contributed by atoms with Gasteiger partial charge in [-0.05, 0) is 99.1 Å². The van der Waals surface area contributed by atoms with E-state index < -0.39 is 13.7 Å². The fraction of sp³-hybridized carbons (Fsp3) is 0.455. The highest BCUT2D eigenvalue weighted by Crippen LogP contribution is 2.44. The second kappa shape index (κ2) is 11.6. The highest BCUT2D eigenvalue weighted by molar-refractivity contribution is 9.11. The minimum absolute atomic E-state index is 0.104. The second-order valence-electron chi connectivity index (χ2n) is 8.49. The molecule has 3 unspecified atom stereocenters. The molecule has 0 spiro atoms. The maximum atomic E-state index is 11.2. The predicted octanol–water partition coefficient (Wildman–Crippen LogP) is 6.41. The van der Waals surface area contributed by atoms with E-state index in [4.69, 9.17) is 18.7 Å². The van der Waals surface area contributed by atoms with Crippen LogP contribution in [0.5, 0.6) is 11.5 Å². The second-order valence-corrected chi connectivity index (χ2v) is 13.8. The van der Waals surface area contributed by atoms with Crippen molar-refractivity contribution in [2.75, 3.05) is 33.1 Å². The summed E-state index contributed by atoms with van der Waals surface area (Å²) in [5.74, 6) is 1.25. The number of epoxide rings is 1. The number of aliphatic hydroxyl groups is 1. The van der Waals surface area contributed by atoms with Crippen LogP contribution in [-0.2, 0) is 19.2 Å². The molecule has 12 heteroatoms. The fourth-order valence-corrected chi connectivity index (χ4v) is 6.36. The molecule has 7 nitrogen and oxygen atoms in total. The minimum atomic E-state index is -3.66. The lowest BCUT2D eigenvalue weighted by atomic mass is 9.78. The van der Waals surface area contributed by atoms with E-state index in [1.807, 2.05) is 24.3 Å².